The zero-order valence-electron chi connectivity index (χ0n) is 19.7. The number of nitrogens with one attached hydrogen (secondary N) is 2. The predicted molar refractivity (Wildman–Crippen MR) is 124 cm³/mol. The van der Waals surface area contributed by atoms with Crippen LogP contribution in [-0.4, -0.2) is 57.0 Å². The van der Waals surface area contributed by atoms with Crippen molar-refractivity contribution < 1.29 is 22.8 Å². The molecule has 13 heteroatoms. The van der Waals surface area contributed by atoms with Crippen LogP contribution >= 0.6 is 0 Å². The molecule has 10 nitrogen and oxygen atoms in total. The number of carbonyl (C=O) groups excluding carboxylic acids is 2. The van der Waals surface area contributed by atoms with E-state index in [-0.39, 0.29) is 29.8 Å². The summed E-state index contributed by atoms with van der Waals surface area (Å²) in [5, 5.41) is 5.12. The van der Waals surface area contributed by atoms with Gasteiger partial charge in [-0.25, -0.2) is 14.8 Å². The second-order valence-corrected chi connectivity index (χ2v) is 9.73. The Labute approximate surface area is 204 Å². The van der Waals surface area contributed by atoms with Crippen LogP contribution in [0.1, 0.15) is 31.2 Å². The van der Waals surface area contributed by atoms with Crippen molar-refractivity contribution >= 4 is 29.3 Å². The highest BCUT2D eigenvalue weighted by Crippen LogP contribution is 2.42. The van der Waals surface area contributed by atoms with Crippen LogP contribution < -0.4 is 21.1 Å². The lowest BCUT2D eigenvalue weighted by Crippen LogP contribution is -2.48. The van der Waals surface area contributed by atoms with Crippen molar-refractivity contribution in [2.75, 3.05) is 29.1 Å². The van der Waals surface area contributed by atoms with E-state index in [0.29, 0.717) is 36.9 Å². The number of halogens is 3. The minimum Gasteiger partial charge on any atom is -0.352 e. The number of rotatable bonds is 5. The molecular weight excluding hydrogens is 479 g/mol. The molecule has 2 bridgehead atoms. The van der Waals surface area contributed by atoms with Gasteiger partial charge in [-0.15, -0.1) is 0 Å². The number of aromatic nitrogens is 3. The van der Waals surface area contributed by atoms with Gasteiger partial charge in [0, 0.05) is 44.8 Å². The molecule has 0 aromatic carbocycles. The summed E-state index contributed by atoms with van der Waals surface area (Å²) in [6.45, 7) is 0.640. The second kappa shape index (κ2) is 8.79. The van der Waals surface area contributed by atoms with E-state index >= 15 is 0 Å². The van der Waals surface area contributed by atoms with Crippen LogP contribution in [0.3, 0.4) is 0 Å². The monoisotopic (exact) mass is 505 g/mol. The molecule has 5 rings (SSSR count). The molecule has 2 saturated carbocycles. The molecule has 2 aromatic rings. The Hall–Kier alpha value is -3.64. The molecule has 0 radical (unpaired) electrons. The fourth-order valence-corrected chi connectivity index (χ4v) is 5.10. The Morgan fingerprint density at radius 2 is 1.89 bits per heavy atom. The highest BCUT2D eigenvalue weighted by Gasteiger charge is 2.47. The van der Waals surface area contributed by atoms with Crippen molar-refractivity contribution in [2.24, 2.45) is 18.9 Å². The fourth-order valence-electron chi connectivity index (χ4n) is 5.10. The molecule has 1 aliphatic heterocycles. The van der Waals surface area contributed by atoms with Crippen molar-refractivity contribution in [1.29, 1.82) is 0 Å². The maximum atomic E-state index is 13.1. The van der Waals surface area contributed by atoms with Crippen molar-refractivity contribution in [2.45, 2.75) is 43.9 Å². The first-order valence-electron chi connectivity index (χ1n) is 11.7. The van der Waals surface area contributed by atoms with Gasteiger partial charge in [0.2, 0.25) is 5.91 Å². The predicted octanol–water partition coefficient (Wildman–Crippen LogP) is 2.67. The average Bonchev–Trinajstić information content (AvgIpc) is 3.50. The summed E-state index contributed by atoms with van der Waals surface area (Å²) in [4.78, 5) is 49.4. The summed E-state index contributed by atoms with van der Waals surface area (Å²) in [7, 11) is 2.79. The number of hydrogen-bond acceptors (Lipinski definition) is 6. The third-order valence-corrected chi connectivity index (χ3v) is 7.21. The Morgan fingerprint density at radius 1 is 1.14 bits per heavy atom. The quantitative estimate of drug-likeness (QED) is 0.646. The maximum Gasteiger partial charge on any atom is 0.417 e. The molecule has 3 heterocycles. The highest BCUT2D eigenvalue weighted by molar-refractivity contribution is 5.93. The van der Waals surface area contributed by atoms with E-state index in [1.165, 1.54) is 18.1 Å². The lowest BCUT2D eigenvalue weighted by molar-refractivity contribution is -0.138. The fraction of sp³-hybridized carbons (Fsp3) is 0.522. The smallest absolute Gasteiger partial charge is 0.352 e. The van der Waals surface area contributed by atoms with Gasteiger partial charge in [-0.05, 0) is 37.7 Å². The molecular formula is C23H26F3N7O3. The van der Waals surface area contributed by atoms with E-state index in [4.69, 9.17) is 0 Å². The summed E-state index contributed by atoms with van der Waals surface area (Å²) in [6.07, 6.45) is 2.49. The van der Waals surface area contributed by atoms with Crippen molar-refractivity contribution in [3.8, 4) is 0 Å². The van der Waals surface area contributed by atoms with Crippen LogP contribution in [0, 0.1) is 11.8 Å². The summed E-state index contributed by atoms with van der Waals surface area (Å²) < 4.78 is 40.2. The SMILES string of the molecule is CN(C(=O)Nc1cc(C(F)(F)F)cn(C)c1=O)C1CC2CC1CN2c1cnc(NC(=O)C2CC2)cn1. The lowest BCUT2D eigenvalue weighted by atomic mass is 10.0. The van der Waals surface area contributed by atoms with Gasteiger partial charge in [-0.3, -0.25) is 9.59 Å². The van der Waals surface area contributed by atoms with Gasteiger partial charge in [0.05, 0.1) is 18.0 Å². The molecule has 0 spiro atoms. The molecule has 2 aliphatic carbocycles. The van der Waals surface area contributed by atoms with Crippen molar-refractivity contribution in [3.63, 3.8) is 0 Å². The van der Waals surface area contributed by atoms with Crippen LogP contribution in [-0.2, 0) is 18.0 Å². The zero-order valence-corrected chi connectivity index (χ0v) is 19.7. The van der Waals surface area contributed by atoms with Crippen molar-refractivity contribution in [3.05, 3.63) is 40.6 Å². The molecule has 3 aliphatic rings. The van der Waals surface area contributed by atoms with Crippen LogP contribution in [0.2, 0.25) is 0 Å². The van der Waals surface area contributed by atoms with E-state index in [9.17, 15) is 27.6 Å². The average molecular weight is 506 g/mol. The summed E-state index contributed by atoms with van der Waals surface area (Å²) in [6, 6.07) is 0.0152. The third kappa shape index (κ3) is 4.61. The van der Waals surface area contributed by atoms with Gasteiger partial charge in [0.15, 0.2) is 5.82 Å². The number of urea groups is 1. The van der Waals surface area contributed by atoms with Gasteiger partial charge in [0.25, 0.3) is 5.56 Å². The van der Waals surface area contributed by atoms with E-state index in [2.05, 4.69) is 25.5 Å². The van der Waals surface area contributed by atoms with Crippen LogP contribution in [0.5, 0.6) is 0 Å². The Bertz CT molecular complexity index is 1240. The first-order valence-corrected chi connectivity index (χ1v) is 11.7. The van der Waals surface area contributed by atoms with Crippen LogP contribution in [0.15, 0.2) is 29.5 Å². The molecule has 3 unspecified atom stereocenters. The van der Waals surface area contributed by atoms with Gasteiger partial charge in [0.1, 0.15) is 11.5 Å². The highest BCUT2D eigenvalue weighted by atomic mass is 19.4. The molecule has 192 valence electrons. The van der Waals surface area contributed by atoms with E-state index in [1.807, 2.05) is 0 Å². The van der Waals surface area contributed by atoms with Gasteiger partial charge >= 0.3 is 12.2 Å². The number of carbonyl (C=O) groups is 2. The third-order valence-electron chi connectivity index (χ3n) is 7.21. The maximum absolute atomic E-state index is 13.1. The Kier molecular flexibility index (Phi) is 5.87. The number of fused-ring (bicyclic) bond motifs is 2. The number of amides is 3. The summed E-state index contributed by atoms with van der Waals surface area (Å²) in [5.74, 6) is 1.26. The van der Waals surface area contributed by atoms with E-state index < -0.39 is 29.0 Å². The molecule has 2 aromatic heterocycles. The minimum absolute atomic E-state index is 0.0376. The summed E-state index contributed by atoms with van der Waals surface area (Å²) in [5.41, 5.74) is -2.16. The van der Waals surface area contributed by atoms with Gasteiger partial charge < -0.3 is 25.0 Å². The number of nitrogens with zero attached hydrogens (tertiary/aromatic N) is 5. The van der Waals surface area contributed by atoms with Crippen LogP contribution in [0.4, 0.5) is 35.3 Å². The van der Waals surface area contributed by atoms with Crippen LogP contribution in [0.25, 0.3) is 0 Å². The number of anilines is 3. The number of hydrogen-bond donors (Lipinski definition) is 2. The molecule has 36 heavy (non-hydrogen) atoms. The zero-order chi connectivity index (χ0) is 25.8. The lowest BCUT2D eigenvalue weighted by Gasteiger charge is -2.36. The Balaban J connectivity index is 1.21. The first kappa shape index (κ1) is 24.1. The number of alkyl halides is 3. The largest absolute Gasteiger partial charge is 0.417 e. The normalized spacial score (nSPS) is 23.0. The molecule has 1 saturated heterocycles. The second-order valence-electron chi connectivity index (χ2n) is 9.73. The molecule has 2 N–H and O–H groups in total. The van der Waals surface area contributed by atoms with Crippen molar-refractivity contribution in [1.82, 2.24) is 19.4 Å². The molecule has 3 atom stereocenters. The molecule has 3 fully saturated rings. The standard InChI is InChI=1S/C23H26F3N7O3/c1-31-11-14(23(24,25)26)6-16(21(31)35)29-22(36)32(2)17-7-15-5-13(17)10-33(15)19-9-27-18(8-28-19)30-20(34)12-3-4-12/h6,8-9,11-13,15,17H,3-5,7,10H2,1-2H3,(H,29,36)(H,27,30,34). The number of pyridine rings is 1. The Morgan fingerprint density at radius 3 is 2.47 bits per heavy atom. The number of piperidine rings is 1. The minimum atomic E-state index is -4.64. The van der Waals surface area contributed by atoms with E-state index in [0.717, 1.165) is 23.8 Å². The molecule has 3 amide bonds. The van der Waals surface area contributed by atoms with Gasteiger partial charge in [-0.2, -0.15) is 13.2 Å². The first-order chi connectivity index (χ1) is 17.0. The number of aryl methyl sites for hydroxylation is 1. The van der Waals surface area contributed by atoms with E-state index in [1.54, 1.807) is 13.2 Å². The van der Waals surface area contributed by atoms with Gasteiger partial charge in [-0.1, -0.05) is 0 Å². The summed E-state index contributed by atoms with van der Waals surface area (Å²) >= 11 is 0. The topological polar surface area (TPSA) is 112 Å².